The second-order valence-corrected chi connectivity index (χ2v) is 7.29. The van der Waals surface area contributed by atoms with E-state index in [1.807, 2.05) is 6.26 Å². The van der Waals surface area contributed by atoms with Gasteiger partial charge in [-0.2, -0.15) is 24.9 Å². The van der Waals surface area contributed by atoms with Crippen molar-refractivity contribution < 1.29 is 21.6 Å². The Balaban J connectivity index is 2.87. The Morgan fingerprint density at radius 2 is 1.75 bits per heavy atom. The lowest BCUT2D eigenvalue weighted by Gasteiger charge is -2.17. The van der Waals surface area contributed by atoms with E-state index in [1.54, 1.807) is 0 Å². The molecule has 0 aromatic heterocycles. The molecule has 0 heterocycles. The minimum Gasteiger partial charge on any atom is -0.207 e. The number of hydrogen-bond acceptors (Lipinski definition) is 3. The average Bonchev–Trinajstić information content (AvgIpc) is 2.34. The lowest BCUT2D eigenvalue weighted by atomic mass is 10.1. The van der Waals surface area contributed by atoms with Crippen LogP contribution in [0.1, 0.15) is 5.56 Å². The minimum absolute atomic E-state index is 0.00651. The Labute approximate surface area is 121 Å². The normalized spacial score (nSPS) is 12.9. The lowest BCUT2D eigenvalue weighted by Crippen LogP contribution is -2.29. The number of thioether (sulfide) groups is 1. The second-order valence-electron chi connectivity index (χ2n) is 4.26. The molecule has 20 heavy (non-hydrogen) atoms. The summed E-state index contributed by atoms with van der Waals surface area (Å²) in [6.45, 7) is 0.355. The summed E-state index contributed by atoms with van der Waals surface area (Å²) in [4.78, 5) is 0.00651. The molecule has 0 bridgehead atoms. The molecule has 1 aromatic carbocycles. The molecule has 1 aromatic rings. The topological polar surface area (TPSA) is 37.4 Å². The third-order valence-electron chi connectivity index (χ3n) is 2.65. The Morgan fingerprint density at radius 1 is 1.20 bits per heavy atom. The van der Waals surface area contributed by atoms with Crippen molar-refractivity contribution in [1.29, 1.82) is 0 Å². The average molecular weight is 327 g/mol. The third-order valence-corrected chi connectivity index (χ3v) is 5.11. The molecule has 1 rings (SSSR count). The molecular formula is C12H16F3NO2S2. The van der Waals surface area contributed by atoms with Crippen LogP contribution in [-0.4, -0.2) is 44.5 Å². The standard InChI is InChI=1S/C12H16F3NO2S2/c1-16(7-8-19-2)20(17,18)11-5-3-10(4-6-11)9-12(13,14)15/h3-6H,7-9H2,1-2H3. The zero-order chi connectivity index (χ0) is 15.4. The zero-order valence-corrected chi connectivity index (χ0v) is 12.8. The second kappa shape index (κ2) is 6.82. The van der Waals surface area contributed by atoms with Crippen molar-refractivity contribution in [2.75, 3.05) is 25.6 Å². The van der Waals surface area contributed by atoms with Crippen LogP contribution in [0.3, 0.4) is 0 Å². The largest absolute Gasteiger partial charge is 0.393 e. The molecule has 3 nitrogen and oxygen atoms in total. The molecular weight excluding hydrogens is 311 g/mol. The van der Waals surface area contributed by atoms with E-state index < -0.39 is 22.6 Å². The summed E-state index contributed by atoms with van der Waals surface area (Å²) in [6, 6.07) is 4.82. The van der Waals surface area contributed by atoms with Gasteiger partial charge in [0, 0.05) is 19.3 Å². The van der Waals surface area contributed by atoms with Gasteiger partial charge in [-0.15, -0.1) is 0 Å². The molecule has 0 aliphatic heterocycles. The van der Waals surface area contributed by atoms with Gasteiger partial charge in [-0.3, -0.25) is 0 Å². The number of halogens is 3. The summed E-state index contributed by atoms with van der Waals surface area (Å²) < 4.78 is 62.1. The fraction of sp³-hybridized carbons (Fsp3) is 0.500. The highest BCUT2D eigenvalue weighted by Gasteiger charge is 2.28. The van der Waals surface area contributed by atoms with Gasteiger partial charge in [0.2, 0.25) is 10.0 Å². The van der Waals surface area contributed by atoms with Crippen LogP contribution in [0.2, 0.25) is 0 Å². The first-order valence-electron chi connectivity index (χ1n) is 5.78. The molecule has 0 N–H and O–H groups in total. The lowest BCUT2D eigenvalue weighted by molar-refractivity contribution is -0.127. The van der Waals surface area contributed by atoms with Gasteiger partial charge >= 0.3 is 6.18 Å². The fourth-order valence-corrected chi connectivity index (χ4v) is 3.27. The molecule has 0 atom stereocenters. The predicted octanol–water partition coefficient (Wildman–Crippen LogP) is 2.77. The highest BCUT2D eigenvalue weighted by Crippen LogP contribution is 2.23. The Hall–Kier alpha value is -0.730. The molecule has 0 aliphatic carbocycles. The predicted molar refractivity (Wildman–Crippen MR) is 74.4 cm³/mol. The molecule has 0 radical (unpaired) electrons. The van der Waals surface area contributed by atoms with Crippen LogP contribution in [0.15, 0.2) is 29.2 Å². The van der Waals surface area contributed by atoms with Crippen LogP contribution < -0.4 is 0 Å². The highest BCUT2D eigenvalue weighted by molar-refractivity contribution is 7.98. The van der Waals surface area contributed by atoms with Gasteiger partial charge in [-0.25, -0.2) is 12.7 Å². The van der Waals surface area contributed by atoms with Crippen molar-refractivity contribution in [1.82, 2.24) is 4.31 Å². The maximum Gasteiger partial charge on any atom is 0.393 e. The van der Waals surface area contributed by atoms with Gasteiger partial charge in [0.1, 0.15) is 0 Å². The quantitative estimate of drug-likeness (QED) is 0.806. The van der Waals surface area contributed by atoms with Gasteiger partial charge in [-0.05, 0) is 24.0 Å². The van der Waals surface area contributed by atoms with Gasteiger partial charge in [0.05, 0.1) is 11.3 Å². The SMILES string of the molecule is CSCCN(C)S(=O)(=O)c1ccc(CC(F)(F)F)cc1. The molecule has 0 unspecified atom stereocenters. The van der Waals surface area contributed by atoms with Crippen molar-refractivity contribution in [2.45, 2.75) is 17.5 Å². The summed E-state index contributed by atoms with van der Waals surface area (Å²) in [6.07, 6.45) is -3.49. The Kier molecular flexibility index (Phi) is 5.91. The van der Waals surface area contributed by atoms with Gasteiger partial charge in [0.25, 0.3) is 0 Å². The zero-order valence-electron chi connectivity index (χ0n) is 11.1. The number of alkyl halides is 3. The fourth-order valence-electron chi connectivity index (χ4n) is 1.53. The monoisotopic (exact) mass is 327 g/mol. The molecule has 0 aliphatic rings. The molecule has 114 valence electrons. The van der Waals surface area contributed by atoms with Crippen molar-refractivity contribution >= 4 is 21.8 Å². The molecule has 8 heteroatoms. The maximum absolute atomic E-state index is 12.2. The minimum atomic E-state index is -4.30. The summed E-state index contributed by atoms with van der Waals surface area (Å²) in [5, 5.41) is 0. The van der Waals surface area contributed by atoms with E-state index in [2.05, 4.69) is 0 Å². The Morgan fingerprint density at radius 3 is 2.20 bits per heavy atom. The first kappa shape index (κ1) is 17.3. The van der Waals surface area contributed by atoms with Crippen LogP contribution >= 0.6 is 11.8 Å². The van der Waals surface area contributed by atoms with Gasteiger partial charge < -0.3 is 0 Å². The number of hydrogen-bond donors (Lipinski definition) is 0. The summed E-state index contributed by atoms with van der Waals surface area (Å²) in [5.74, 6) is 0.655. The summed E-state index contributed by atoms with van der Waals surface area (Å²) in [7, 11) is -2.18. The van der Waals surface area contributed by atoms with Crippen LogP contribution in [0.4, 0.5) is 13.2 Å². The molecule has 0 fully saturated rings. The summed E-state index contributed by atoms with van der Waals surface area (Å²) in [5.41, 5.74) is 0.0446. The van der Waals surface area contributed by atoms with E-state index in [0.29, 0.717) is 12.3 Å². The van der Waals surface area contributed by atoms with Crippen LogP contribution in [0.5, 0.6) is 0 Å². The number of nitrogens with zero attached hydrogens (tertiary/aromatic N) is 1. The van der Waals surface area contributed by atoms with Crippen molar-refractivity contribution in [2.24, 2.45) is 0 Å². The highest BCUT2D eigenvalue weighted by atomic mass is 32.2. The summed E-state index contributed by atoms with van der Waals surface area (Å²) >= 11 is 1.52. The first-order chi connectivity index (χ1) is 9.16. The van der Waals surface area contributed by atoms with E-state index in [0.717, 1.165) is 0 Å². The van der Waals surface area contributed by atoms with E-state index in [4.69, 9.17) is 0 Å². The molecule has 0 saturated carbocycles. The van der Waals surface area contributed by atoms with Crippen molar-refractivity contribution in [3.05, 3.63) is 29.8 Å². The van der Waals surface area contributed by atoms with E-state index in [9.17, 15) is 21.6 Å². The van der Waals surface area contributed by atoms with Crippen molar-refractivity contribution in [3.63, 3.8) is 0 Å². The van der Waals surface area contributed by atoms with Crippen LogP contribution in [0.25, 0.3) is 0 Å². The number of rotatable bonds is 6. The van der Waals surface area contributed by atoms with Gasteiger partial charge in [-0.1, -0.05) is 12.1 Å². The van der Waals surface area contributed by atoms with E-state index >= 15 is 0 Å². The molecule has 0 spiro atoms. The van der Waals surface area contributed by atoms with Crippen molar-refractivity contribution in [3.8, 4) is 0 Å². The van der Waals surface area contributed by atoms with Crippen LogP contribution in [0, 0.1) is 0 Å². The Bertz CT molecular complexity index is 527. The molecule has 0 saturated heterocycles. The maximum atomic E-state index is 12.2. The number of sulfonamides is 1. The number of benzene rings is 1. The van der Waals surface area contributed by atoms with Crippen LogP contribution in [-0.2, 0) is 16.4 Å². The third kappa shape index (κ3) is 4.99. The van der Waals surface area contributed by atoms with Gasteiger partial charge in [0.15, 0.2) is 0 Å². The first-order valence-corrected chi connectivity index (χ1v) is 8.61. The smallest absolute Gasteiger partial charge is 0.207 e. The van der Waals surface area contributed by atoms with E-state index in [1.165, 1.54) is 47.4 Å². The molecule has 0 amide bonds. The van der Waals surface area contributed by atoms with E-state index in [-0.39, 0.29) is 10.5 Å².